The molecule has 0 saturated heterocycles. The summed E-state index contributed by atoms with van der Waals surface area (Å²) in [6, 6.07) is 12.2. The maximum atomic E-state index is 12.8. The predicted octanol–water partition coefficient (Wildman–Crippen LogP) is 1.58. The molecule has 10 nitrogen and oxygen atoms in total. The molecule has 12 heteroatoms. The van der Waals surface area contributed by atoms with E-state index in [1.165, 1.54) is 16.8 Å². The van der Waals surface area contributed by atoms with E-state index in [0.29, 0.717) is 11.4 Å². The molecule has 0 aliphatic rings. The standard InChI is InChI=1S/C20H19ClN4O6S/c1-12-18(19(27)25(24(12)2)14-6-4-3-5-7-14)23-17(26)11-31-20(28)13-8-9-15(21)16(10-13)32(22,29)30/h3-10H,11H2,1-2H3,(H,23,26)(H2,22,29,30). The molecule has 0 saturated carbocycles. The van der Waals surface area contributed by atoms with Crippen molar-refractivity contribution in [1.29, 1.82) is 0 Å². The number of amides is 1. The van der Waals surface area contributed by atoms with Gasteiger partial charge < -0.3 is 10.1 Å². The molecular weight excluding hydrogens is 460 g/mol. The third-order valence-electron chi connectivity index (χ3n) is 4.63. The minimum absolute atomic E-state index is 0.0420. The second kappa shape index (κ2) is 8.99. The molecule has 1 heterocycles. The highest BCUT2D eigenvalue weighted by Crippen LogP contribution is 2.22. The van der Waals surface area contributed by atoms with Crippen LogP contribution in [0.5, 0.6) is 0 Å². The lowest BCUT2D eigenvalue weighted by Crippen LogP contribution is -2.26. The zero-order valence-corrected chi connectivity index (χ0v) is 18.6. The summed E-state index contributed by atoms with van der Waals surface area (Å²) < 4.78 is 31.0. The molecule has 1 amide bonds. The van der Waals surface area contributed by atoms with Crippen molar-refractivity contribution in [3.63, 3.8) is 0 Å². The Balaban J connectivity index is 1.74. The lowest BCUT2D eigenvalue weighted by Gasteiger charge is -2.08. The summed E-state index contributed by atoms with van der Waals surface area (Å²) in [6.07, 6.45) is 0. The minimum atomic E-state index is -4.15. The van der Waals surface area contributed by atoms with Crippen molar-refractivity contribution in [1.82, 2.24) is 9.36 Å². The second-order valence-corrected chi connectivity index (χ2v) is 8.69. The second-order valence-electron chi connectivity index (χ2n) is 6.75. The van der Waals surface area contributed by atoms with Gasteiger partial charge in [-0.1, -0.05) is 29.8 Å². The SMILES string of the molecule is Cc1c(NC(=O)COC(=O)c2ccc(Cl)c(S(N)(=O)=O)c2)c(=O)n(-c2ccccc2)n1C. The Kier molecular flexibility index (Phi) is 6.53. The number of para-hydroxylation sites is 1. The number of ether oxygens (including phenoxy) is 1. The molecule has 168 valence electrons. The fraction of sp³-hybridized carbons (Fsp3) is 0.150. The molecule has 0 fully saturated rings. The summed E-state index contributed by atoms with van der Waals surface area (Å²) >= 11 is 5.78. The maximum absolute atomic E-state index is 12.8. The number of rotatable bonds is 6. The molecule has 2 aromatic carbocycles. The number of aromatic nitrogens is 2. The summed E-state index contributed by atoms with van der Waals surface area (Å²) in [4.78, 5) is 36.9. The van der Waals surface area contributed by atoms with Crippen molar-refractivity contribution in [2.24, 2.45) is 12.2 Å². The van der Waals surface area contributed by atoms with E-state index >= 15 is 0 Å². The number of carbonyl (C=O) groups excluding carboxylic acids is 2. The number of halogens is 1. The monoisotopic (exact) mass is 478 g/mol. The number of carbonyl (C=O) groups is 2. The number of anilines is 1. The van der Waals surface area contributed by atoms with Gasteiger partial charge in [-0.05, 0) is 37.3 Å². The number of nitrogens with one attached hydrogen (secondary N) is 1. The largest absolute Gasteiger partial charge is 0.452 e. The van der Waals surface area contributed by atoms with Crippen molar-refractivity contribution in [3.05, 3.63) is 75.2 Å². The van der Waals surface area contributed by atoms with E-state index in [2.05, 4.69) is 5.32 Å². The molecule has 32 heavy (non-hydrogen) atoms. The average molecular weight is 479 g/mol. The van der Waals surface area contributed by atoms with Crippen LogP contribution in [0.3, 0.4) is 0 Å². The van der Waals surface area contributed by atoms with Gasteiger partial charge in [-0.15, -0.1) is 0 Å². The Hall–Kier alpha value is -3.41. The van der Waals surface area contributed by atoms with Crippen LogP contribution < -0.4 is 16.0 Å². The summed E-state index contributed by atoms with van der Waals surface area (Å²) in [5.74, 6) is -1.71. The first-order chi connectivity index (χ1) is 15.0. The molecular formula is C20H19ClN4O6S. The van der Waals surface area contributed by atoms with Gasteiger partial charge in [-0.3, -0.25) is 14.3 Å². The molecule has 3 aromatic rings. The molecule has 0 bridgehead atoms. The van der Waals surface area contributed by atoms with Crippen molar-refractivity contribution in [2.45, 2.75) is 11.8 Å². The van der Waals surface area contributed by atoms with Gasteiger partial charge >= 0.3 is 5.97 Å². The smallest absolute Gasteiger partial charge is 0.338 e. The predicted molar refractivity (Wildman–Crippen MR) is 117 cm³/mol. The van der Waals surface area contributed by atoms with Gasteiger partial charge in [0.15, 0.2) is 6.61 Å². The van der Waals surface area contributed by atoms with Crippen LogP contribution >= 0.6 is 11.6 Å². The highest BCUT2D eigenvalue weighted by atomic mass is 35.5. The Bertz CT molecular complexity index is 1360. The lowest BCUT2D eigenvalue weighted by molar-refractivity contribution is -0.119. The summed E-state index contributed by atoms with van der Waals surface area (Å²) in [5.41, 5.74) is 0.540. The molecule has 0 unspecified atom stereocenters. The third kappa shape index (κ3) is 4.74. The first kappa shape index (κ1) is 23.3. The zero-order valence-electron chi connectivity index (χ0n) is 17.0. The maximum Gasteiger partial charge on any atom is 0.338 e. The van der Waals surface area contributed by atoms with Crippen molar-refractivity contribution >= 4 is 39.2 Å². The third-order valence-corrected chi connectivity index (χ3v) is 6.02. The summed E-state index contributed by atoms with van der Waals surface area (Å²) in [7, 11) is -2.48. The highest BCUT2D eigenvalue weighted by molar-refractivity contribution is 7.89. The number of primary sulfonamides is 1. The Morgan fingerprint density at radius 2 is 1.81 bits per heavy atom. The van der Waals surface area contributed by atoms with Crippen LogP contribution in [0.4, 0.5) is 5.69 Å². The number of sulfonamides is 1. The number of esters is 1. The Morgan fingerprint density at radius 3 is 2.44 bits per heavy atom. The molecule has 0 spiro atoms. The summed E-state index contributed by atoms with van der Waals surface area (Å²) in [5, 5.41) is 7.35. The van der Waals surface area contributed by atoms with E-state index in [0.717, 1.165) is 6.07 Å². The molecule has 0 aliphatic heterocycles. The van der Waals surface area contributed by atoms with Gasteiger partial charge in [-0.25, -0.2) is 23.0 Å². The molecule has 3 rings (SSSR count). The van der Waals surface area contributed by atoms with E-state index in [9.17, 15) is 22.8 Å². The van der Waals surface area contributed by atoms with Crippen LogP contribution in [0, 0.1) is 6.92 Å². The Morgan fingerprint density at radius 1 is 1.16 bits per heavy atom. The summed E-state index contributed by atoms with van der Waals surface area (Å²) in [6.45, 7) is 0.955. The molecule has 0 aliphatic carbocycles. The first-order valence-electron chi connectivity index (χ1n) is 9.14. The van der Waals surface area contributed by atoms with E-state index in [1.807, 2.05) is 6.07 Å². The van der Waals surface area contributed by atoms with E-state index in [1.54, 1.807) is 42.9 Å². The van der Waals surface area contributed by atoms with Gasteiger partial charge in [0, 0.05) is 7.05 Å². The molecule has 3 N–H and O–H groups in total. The topological polar surface area (TPSA) is 142 Å². The normalized spacial score (nSPS) is 11.2. The fourth-order valence-electron chi connectivity index (χ4n) is 2.95. The fourth-order valence-corrected chi connectivity index (χ4v) is 4.02. The van der Waals surface area contributed by atoms with Crippen LogP contribution in [0.2, 0.25) is 5.02 Å². The molecule has 0 atom stereocenters. The van der Waals surface area contributed by atoms with Crippen LogP contribution in [0.1, 0.15) is 16.1 Å². The number of hydrogen-bond donors (Lipinski definition) is 2. The van der Waals surface area contributed by atoms with E-state index < -0.39 is 39.0 Å². The van der Waals surface area contributed by atoms with Gasteiger partial charge in [0.1, 0.15) is 10.6 Å². The number of hydrogen-bond acceptors (Lipinski definition) is 6. The van der Waals surface area contributed by atoms with Crippen molar-refractivity contribution < 1.29 is 22.7 Å². The quantitative estimate of drug-likeness (QED) is 0.515. The zero-order chi connectivity index (χ0) is 23.6. The van der Waals surface area contributed by atoms with Gasteiger partial charge in [-0.2, -0.15) is 0 Å². The van der Waals surface area contributed by atoms with Crippen LogP contribution in [0.25, 0.3) is 5.69 Å². The lowest BCUT2D eigenvalue weighted by atomic mass is 10.2. The van der Waals surface area contributed by atoms with Gasteiger partial charge in [0.05, 0.1) is 22.0 Å². The highest BCUT2D eigenvalue weighted by Gasteiger charge is 2.20. The molecule has 0 radical (unpaired) electrons. The van der Waals surface area contributed by atoms with Crippen LogP contribution in [-0.2, 0) is 26.6 Å². The average Bonchev–Trinajstić information content (AvgIpc) is 2.95. The van der Waals surface area contributed by atoms with E-state index in [4.69, 9.17) is 21.5 Å². The van der Waals surface area contributed by atoms with Crippen LogP contribution in [-0.4, -0.2) is 36.3 Å². The first-order valence-corrected chi connectivity index (χ1v) is 11.1. The van der Waals surface area contributed by atoms with Crippen molar-refractivity contribution in [3.8, 4) is 5.69 Å². The molecule has 1 aromatic heterocycles. The van der Waals surface area contributed by atoms with Crippen molar-refractivity contribution in [2.75, 3.05) is 11.9 Å². The number of nitrogens with two attached hydrogens (primary N) is 1. The number of nitrogens with zero attached hydrogens (tertiary/aromatic N) is 2. The minimum Gasteiger partial charge on any atom is -0.452 e. The Labute approximate surface area is 188 Å². The van der Waals surface area contributed by atoms with Gasteiger partial charge in [0.25, 0.3) is 11.5 Å². The van der Waals surface area contributed by atoms with E-state index in [-0.39, 0.29) is 16.3 Å². The van der Waals surface area contributed by atoms with Gasteiger partial charge in [0.2, 0.25) is 10.0 Å². The van der Waals surface area contributed by atoms with Crippen LogP contribution in [0.15, 0.2) is 58.2 Å². The number of benzene rings is 2.